The molecular weight excluding hydrogens is 291 g/mol. The molecule has 0 saturated heterocycles. The van der Waals surface area contributed by atoms with Gasteiger partial charge >= 0.3 is 0 Å². The molecule has 1 aromatic carbocycles. The van der Waals surface area contributed by atoms with E-state index in [1.165, 1.54) is 12.1 Å². The Morgan fingerprint density at radius 3 is 2.19 bits per heavy atom. The van der Waals surface area contributed by atoms with Crippen LogP contribution in [0.2, 0.25) is 0 Å². The van der Waals surface area contributed by atoms with Gasteiger partial charge in [0.25, 0.3) is 0 Å². The first-order chi connectivity index (χ1) is 9.80. The molecule has 1 fully saturated rings. The Bertz CT molecular complexity index is 663. The van der Waals surface area contributed by atoms with E-state index in [2.05, 4.69) is 10.8 Å². The highest BCUT2D eigenvalue weighted by molar-refractivity contribution is 7.89. The van der Waals surface area contributed by atoms with Gasteiger partial charge in [0.05, 0.1) is 11.0 Å². The molecule has 0 unspecified atom stereocenters. The van der Waals surface area contributed by atoms with Crippen molar-refractivity contribution in [3.63, 3.8) is 0 Å². The van der Waals surface area contributed by atoms with E-state index in [1.54, 1.807) is 13.8 Å². The quantitative estimate of drug-likeness (QED) is 0.933. The van der Waals surface area contributed by atoms with Crippen LogP contribution in [-0.4, -0.2) is 14.0 Å². The molecule has 0 aromatic heterocycles. The second-order valence-electron chi connectivity index (χ2n) is 5.73. The van der Waals surface area contributed by atoms with Crippen LogP contribution < -0.4 is 4.72 Å². The minimum absolute atomic E-state index is 0.0732. The molecule has 1 saturated carbocycles. The fraction of sp³-hybridized carbons (Fsp3) is 0.533. The van der Waals surface area contributed by atoms with Gasteiger partial charge in [-0.25, -0.2) is 12.8 Å². The van der Waals surface area contributed by atoms with E-state index in [9.17, 15) is 18.1 Å². The highest BCUT2D eigenvalue weighted by Gasteiger charge is 2.37. The number of nitrogens with one attached hydrogen (secondary N) is 1. The number of nitriles is 1. The van der Waals surface area contributed by atoms with Gasteiger partial charge in [-0.05, 0) is 49.9 Å². The van der Waals surface area contributed by atoms with Crippen LogP contribution in [0.5, 0.6) is 0 Å². The summed E-state index contributed by atoms with van der Waals surface area (Å²) in [6, 6.07) is 4.52. The first-order valence-corrected chi connectivity index (χ1v) is 8.50. The van der Waals surface area contributed by atoms with Crippen molar-refractivity contribution in [3.8, 4) is 6.07 Å². The molecule has 4 nitrogen and oxygen atoms in total. The van der Waals surface area contributed by atoms with Gasteiger partial charge in [0.15, 0.2) is 0 Å². The smallest absolute Gasteiger partial charge is 0.207 e. The number of sulfonamides is 1. The van der Waals surface area contributed by atoms with E-state index in [4.69, 9.17) is 0 Å². The van der Waals surface area contributed by atoms with E-state index in [0.717, 1.165) is 19.3 Å². The zero-order valence-electron chi connectivity index (χ0n) is 12.2. The second kappa shape index (κ2) is 5.74. The maximum atomic E-state index is 13.3. The molecule has 1 aliphatic rings. The first kappa shape index (κ1) is 15.9. The van der Waals surface area contributed by atoms with Crippen LogP contribution >= 0.6 is 0 Å². The molecule has 21 heavy (non-hydrogen) atoms. The summed E-state index contributed by atoms with van der Waals surface area (Å²) >= 11 is 0. The Kier molecular flexibility index (Phi) is 4.35. The summed E-state index contributed by atoms with van der Waals surface area (Å²) in [5.74, 6) is -0.461. The monoisotopic (exact) mass is 310 g/mol. The lowest BCUT2D eigenvalue weighted by molar-refractivity contribution is 0.338. The molecule has 0 amide bonds. The maximum absolute atomic E-state index is 13.3. The summed E-state index contributed by atoms with van der Waals surface area (Å²) < 4.78 is 41.2. The summed E-state index contributed by atoms with van der Waals surface area (Å²) in [5.41, 5.74) is -0.336. The first-order valence-electron chi connectivity index (χ1n) is 7.02. The van der Waals surface area contributed by atoms with Crippen LogP contribution in [0.15, 0.2) is 17.0 Å². The fourth-order valence-electron chi connectivity index (χ4n) is 3.02. The van der Waals surface area contributed by atoms with Crippen LogP contribution in [-0.2, 0) is 10.0 Å². The third-order valence-electron chi connectivity index (χ3n) is 3.94. The number of rotatable bonds is 3. The fourth-order valence-corrected chi connectivity index (χ4v) is 4.85. The Morgan fingerprint density at radius 2 is 1.71 bits per heavy atom. The van der Waals surface area contributed by atoms with Crippen molar-refractivity contribution in [2.24, 2.45) is 0 Å². The largest absolute Gasteiger partial charge is 0.242 e. The van der Waals surface area contributed by atoms with E-state index in [-0.39, 0.29) is 4.90 Å². The van der Waals surface area contributed by atoms with Crippen molar-refractivity contribution in [3.05, 3.63) is 29.1 Å². The van der Waals surface area contributed by atoms with E-state index in [0.29, 0.717) is 24.0 Å². The average molecular weight is 310 g/mol. The normalized spacial score (nSPS) is 18.2. The Hall–Kier alpha value is -1.45. The second-order valence-corrected chi connectivity index (χ2v) is 7.35. The maximum Gasteiger partial charge on any atom is 0.242 e. The summed E-state index contributed by atoms with van der Waals surface area (Å²) in [7, 11) is -3.85. The summed E-state index contributed by atoms with van der Waals surface area (Å²) in [5, 5.41) is 9.40. The number of nitrogens with zero attached hydrogens (tertiary/aromatic N) is 1. The van der Waals surface area contributed by atoms with Gasteiger partial charge in [0.1, 0.15) is 11.4 Å². The predicted octanol–water partition coefficient (Wildman–Crippen LogP) is 2.95. The van der Waals surface area contributed by atoms with Crippen molar-refractivity contribution >= 4 is 10.0 Å². The Morgan fingerprint density at radius 1 is 1.19 bits per heavy atom. The number of benzene rings is 1. The molecule has 0 bridgehead atoms. The van der Waals surface area contributed by atoms with Gasteiger partial charge in [-0.1, -0.05) is 19.3 Å². The van der Waals surface area contributed by atoms with Gasteiger partial charge in [0.2, 0.25) is 10.0 Å². The van der Waals surface area contributed by atoms with E-state index in [1.807, 2.05) is 0 Å². The molecule has 0 atom stereocenters. The zero-order valence-corrected chi connectivity index (χ0v) is 13.1. The number of hydrogen-bond acceptors (Lipinski definition) is 3. The molecule has 2 rings (SSSR count). The molecule has 1 aliphatic carbocycles. The lowest BCUT2D eigenvalue weighted by Crippen LogP contribution is -2.48. The minimum Gasteiger partial charge on any atom is -0.207 e. The van der Waals surface area contributed by atoms with Crippen LogP contribution in [0.1, 0.15) is 43.2 Å². The zero-order chi connectivity index (χ0) is 15.7. The average Bonchev–Trinajstić information content (AvgIpc) is 2.37. The summed E-state index contributed by atoms with van der Waals surface area (Å²) in [6.07, 6.45) is 3.71. The summed E-state index contributed by atoms with van der Waals surface area (Å²) in [6.45, 7) is 3.12. The van der Waals surface area contributed by atoms with Crippen LogP contribution in [0.25, 0.3) is 0 Å². The molecule has 1 N–H and O–H groups in total. The minimum atomic E-state index is -3.85. The van der Waals surface area contributed by atoms with Crippen LogP contribution in [0.4, 0.5) is 4.39 Å². The lowest BCUT2D eigenvalue weighted by atomic mass is 9.84. The highest BCUT2D eigenvalue weighted by Crippen LogP contribution is 2.30. The molecule has 0 spiro atoms. The van der Waals surface area contributed by atoms with Gasteiger partial charge in [-0.15, -0.1) is 0 Å². The summed E-state index contributed by atoms with van der Waals surface area (Å²) in [4.78, 5) is 0.0732. The van der Waals surface area contributed by atoms with Crippen molar-refractivity contribution in [2.75, 3.05) is 0 Å². The van der Waals surface area contributed by atoms with E-state index >= 15 is 0 Å². The molecular formula is C15H19FN2O2S. The molecule has 0 heterocycles. The lowest BCUT2D eigenvalue weighted by Gasteiger charge is -2.31. The molecule has 0 radical (unpaired) electrons. The van der Waals surface area contributed by atoms with Crippen molar-refractivity contribution in [1.82, 2.24) is 4.72 Å². The van der Waals surface area contributed by atoms with Crippen molar-refractivity contribution in [2.45, 2.75) is 56.4 Å². The highest BCUT2D eigenvalue weighted by atomic mass is 32.2. The third kappa shape index (κ3) is 3.25. The van der Waals surface area contributed by atoms with Gasteiger partial charge < -0.3 is 0 Å². The van der Waals surface area contributed by atoms with E-state index < -0.39 is 21.4 Å². The standard InChI is InChI=1S/C15H19FN2O2S/c1-11-8-13(16)9-12(2)14(11)21(19,20)18-15(10-17)6-4-3-5-7-15/h8-9,18H,3-7H2,1-2H3. The topological polar surface area (TPSA) is 70.0 Å². The predicted molar refractivity (Wildman–Crippen MR) is 77.6 cm³/mol. The van der Waals surface area contributed by atoms with Crippen LogP contribution in [0, 0.1) is 31.0 Å². The van der Waals surface area contributed by atoms with Gasteiger partial charge in [-0.3, -0.25) is 0 Å². The molecule has 1 aromatic rings. The van der Waals surface area contributed by atoms with Crippen molar-refractivity contribution in [1.29, 1.82) is 5.26 Å². The Balaban J connectivity index is 2.42. The van der Waals surface area contributed by atoms with Crippen LogP contribution in [0.3, 0.4) is 0 Å². The Labute approximate surface area is 125 Å². The van der Waals surface area contributed by atoms with Crippen molar-refractivity contribution < 1.29 is 12.8 Å². The molecule has 6 heteroatoms. The van der Waals surface area contributed by atoms with Gasteiger partial charge in [0, 0.05) is 0 Å². The number of aryl methyl sites for hydroxylation is 2. The number of halogens is 1. The number of hydrogen-bond donors (Lipinski definition) is 1. The third-order valence-corrected chi connectivity index (χ3v) is 5.79. The molecule has 0 aliphatic heterocycles. The van der Waals surface area contributed by atoms with Gasteiger partial charge in [-0.2, -0.15) is 9.98 Å². The molecule has 114 valence electrons. The SMILES string of the molecule is Cc1cc(F)cc(C)c1S(=O)(=O)NC1(C#N)CCCCC1.